The second-order valence-electron chi connectivity index (χ2n) is 7.00. The van der Waals surface area contributed by atoms with Crippen molar-refractivity contribution in [1.29, 1.82) is 0 Å². The number of aromatic nitrogens is 1. The van der Waals surface area contributed by atoms with Crippen LogP contribution in [0, 0.1) is 0 Å². The molecule has 0 aliphatic heterocycles. The Hall–Kier alpha value is -3.18. The molecule has 1 N–H and O–H groups in total. The minimum Gasteiger partial charge on any atom is -0.372 e. The van der Waals surface area contributed by atoms with Crippen molar-refractivity contribution in [2.75, 3.05) is 7.05 Å². The number of carbonyl (C=O) groups is 1. The molecule has 0 spiro atoms. The van der Waals surface area contributed by atoms with E-state index < -0.39 is 0 Å². The highest BCUT2D eigenvalue weighted by Crippen LogP contribution is 2.16. The van der Waals surface area contributed by atoms with Crippen molar-refractivity contribution in [3.63, 3.8) is 0 Å². The van der Waals surface area contributed by atoms with E-state index in [1.165, 1.54) is 0 Å². The molecular weight excluding hydrogens is 362 g/mol. The lowest BCUT2D eigenvalue weighted by Crippen LogP contribution is -2.38. The van der Waals surface area contributed by atoms with Gasteiger partial charge in [0.2, 0.25) is 0 Å². The van der Waals surface area contributed by atoms with Gasteiger partial charge in [0, 0.05) is 19.8 Å². The fourth-order valence-electron chi connectivity index (χ4n) is 2.91. The number of nitrogens with zero attached hydrogens (tertiary/aromatic N) is 2. The van der Waals surface area contributed by atoms with Crippen LogP contribution >= 0.6 is 0 Å². The van der Waals surface area contributed by atoms with Crippen LogP contribution in [-0.2, 0) is 24.5 Å². The summed E-state index contributed by atoms with van der Waals surface area (Å²) in [6, 6.07) is 23.7. The van der Waals surface area contributed by atoms with E-state index >= 15 is 0 Å². The molecule has 0 saturated carbocycles. The predicted molar refractivity (Wildman–Crippen MR) is 114 cm³/mol. The topological polar surface area (TPSA) is 54.5 Å². The predicted octanol–water partition coefficient (Wildman–Crippen LogP) is 4.70. The first-order chi connectivity index (χ1) is 14.1. The molecule has 1 heterocycles. The molecule has 0 bridgehead atoms. The summed E-state index contributed by atoms with van der Waals surface area (Å²) in [5.74, 6) is 0. The third kappa shape index (κ3) is 6.16. The lowest BCUT2D eigenvalue weighted by Gasteiger charge is -2.24. The Labute approximate surface area is 172 Å². The number of ether oxygens (including phenoxy) is 1. The largest absolute Gasteiger partial charge is 0.372 e. The Kier molecular flexibility index (Phi) is 7.36. The molecule has 1 aromatic heterocycles. The maximum Gasteiger partial charge on any atom is 0.317 e. The second kappa shape index (κ2) is 10.4. The molecule has 5 nitrogen and oxygen atoms in total. The van der Waals surface area contributed by atoms with Gasteiger partial charge in [-0.15, -0.1) is 0 Å². The third-order valence-electron chi connectivity index (χ3n) is 4.86. The van der Waals surface area contributed by atoms with Crippen LogP contribution in [-0.4, -0.2) is 23.0 Å². The van der Waals surface area contributed by atoms with Gasteiger partial charge in [0.25, 0.3) is 0 Å². The summed E-state index contributed by atoms with van der Waals surface area (Å²) in [6.45, 7) is 3.60. The maximum absolute atomic E-state index is 12.4. The molecule has 0 saturated heterocycles. The first-order valence-electron chi connectivity index (χ1n) is 9.74. The first kappa shape index (κ1) is 20.6. The molecule has 1 atom stereocenters. The fraction of sp³-hybridized carbons (Fsp3) is 0.250. The summed E-state index contributed by atoms with van der Waals surface area (Å²) < 4.78 is 5.76. The monoisotopic (exact) mass is 389 g/mol. The van der Waals surface area contributed by atoms with Crippen LogP contribution in [0.4, 0.5) is 4.79 Å². The van der Waals surface area contributed by atoms with Crippen LogP contribution in [0.3, 0.4) is 0 Å². The van der Waals surface area contributed by atoms with E-state index in [4.69, 9.17) is 4.74 Å². The van der Waals surface area contributed by atoms with Gasteiger partial charge in [0.15, 0.2) is 0 Å². The van der Waals surface area contributed by atoms with Crippen molar-refractivity contribution in [3.05, 3.63) is 101 Å². The van der Waals surface area contributed by atoms with Gasteiger partial charge in [-0.05, 0) is 35.7 Å². The molecule has 2 aromatic carbocycles. The normalized spacial score (nSPS) is 11.7. The molecule has 0 fully saturated rings. The molecule has 5 heteroatoms. The van der Waals surface area contributed by atoms with Gasteiger partial charge in [-0.2, -0.15) is 0 Å². The average molecular weight is 389 g/mol. The number of rotatable bonds is 8. The highest BCUT2D eigenvalue weighted by molar-refractivity contribution is 5.74. The Morgan fingerprint density at radius 2 is 1.55 bits per heavy atom. The van der Waals surface area contributed by atoms with E-state index in [0.717, 1.165) is 22.4 Å². The number of urea groups is 1. The van der Waals surface area contributed by atoms with Crippen LogP contribution in [0.25, 0.3) is 0 Å². The molecular formula is C24H27N3O2. The molecule has 0 aliphatic carbocycles. The van der Waals surface area contributed by atoms with Gasteiger partial charge < -0.3 is 15.0 Å². The summed E-state index contributed by atoms with van der Waals surface area (Å²) >= 11 is 0. The van der Waals surface area contributed by atoms with Crippen molar-refractivity contribution < 1.29 is 9.53 Å². The summed E-state index contributed by atoms with van der Waals surface area (Å²) in [7, 11) is 1.78. The minimum absolute atomic E-state index is 0.0969. The number of hydrogen-bond acceptors (Lipinski definition) is 3. The van der Waals surface area contributed by atoms with Crippen molar-refractivity contribution in [3.8, 4) is 0 Å². The Morgan fingerprint density at radius 3 is 2.21 bits per heavy atom. The zero-order valence-electron chi connectivity index (χ0n) is 16.9. The van der Waals surface area contributed by atoms with Gasteiger partial charge in [-0.1, -0.05) is 60.7 Å². The number of hydrogen-bond donors (Lipinski definition) is 1. The molecule has 2 amide bonds. The van der Waals surface area contributed by atoms with Crippen LogP contribution in [0.2, 0.25) is 0 Å². The van der Waals surface area contributed by atoms with Crippen LogP contribution < -0.4 is 5.32 Å². The van der Waals surface area contributed by atoms with E-state index in [9.17, 15) is 4.79 Å². The summed E-state index contributed by atoms with van der Waals surface area (Å²) in [6.07, 6.45) is 1.74. The Morgan fingerprint density at radius 1 is 0.931 bits per heavy atom. The molecule has 1 unspecified atom stereocenters. The van der Waals surface area contributed by atoms with Crippen molar-refractivity contribution >= 4 is 6.03 Å². The van der Waals surface area contributed by atoms with E-state index in [0.29, 0.717) is 19.8 Å². The smallest absolute Gasteiger partial charge is 0.317 e. The van der Waals surface area contributed by atoms with Crippen molar-refractivity contribution in [2.45, 2.75) is 32.7 Å². The molecule has 3 aromatic rings. The van der Waals surface area contributed by atoms with Gasteiger partial charge in [0.1, 0.15) is 0 Å². The lowest BCUT2D eigenvalue weighted by atomic mass is 10.1. The van der Waals surface area contributed by atoms with Gasteiger partial charge in [-0.3, -0.25) is 4.98 Å². The van der Waals surface area contributed by atoms with Gasteiger partial charge in [0.05, 0.1) is 24.9 Å². The lowest BCUT2D eigenvalue weighted by molar-refractivity contribution is 0.107. The van der Waals surface area contributed by atoms with E-state index in [2.05, 4.69) is 22.4 Å². The fourth-order valence-corrected chi connectivity index (χ4v) is 2.91. The number of benzene rings is 2. The zero-order valence-corrected chi connectivity index (χ0v) is 16.9. The Bertz CT molecular complexity index is 883. The quantitative estimate of drug-likeness (QED) is 0.607. The van der Waals surface area contributed by atoms with Gasteiger partial charge >= 0.3 is 6.03 Å². The van der Waals surface area contributed by atoms with Crippen LogP contribution in [0.5, 0.6) is 0 Å². The van der Waals surface area contributed by atoms with E-state index in [1.807, 2.05) is 67.6 Å². The van der Waals surface area contributed by atoms with Crippen LogP contribution in [0.15, 0.2) is 79.0 Å². The van der Waals surface area contributed by atoms with Crippen molar-refractivity contribution in [2.24, 2.45) is 0 Å². The van der Waals surface area contributed by atoms with E-state index in [1.54, 1.807) is 18.1 Å². The van der Waals surface area contributed by atoms with E-state index in [-0.39, 0.29) is 12.1 Å². The third-order valence-corrected chi connectivity index (χ3v) is 4.86. The first-order valence-corrected chi connectivity index (χ1v) is 9.74. The maximum atomic E-state index is 12.4. The number of amides is 2. The Balaban J connectivity index is 1.44. The zero-order chi connectivity index (χ0) is 20.5. The minimum atomic E-state index is -0.126. The molecule has 29 heavy (non-hydrogen) atoms. The summed E-state index contributed by atoms with van der Waals surface area (Å²) in [4.78, 5) is 18.4. The number of pyridine rings is 1. The summed E-state index contributed by atoms with van der Waals surface area (Å²) in [5, 5.41) is 2.96. The SMILES string of the molecule is CC(c1ccccn1)N(C)C(=O)NCc1ccc(COCc2ccccc2)cc1. The molecule has 0 radical (unpaired) electrons. The van der Waals surface area contributed by atoms with Gasteiger partial charge in [-0.25, -0.2) is 4.79 Å². The molecule has 3 rings (SSSR count). The average Bonchev–Trinajstić information content (AvgIpc) is 2.78. The highest BCUT2D eigenvalue weighted by Gasteiger charge is 2.17. The number of carbonyl (C=O) groups excluding carboxylic acids is 1. The molecule has 150 valence electrons. The number of nitrogens with one attached hydrogen (secondary N) is 1. The standard InChI is InChI=1S/C24H27N3O2/c1-19(23-10-6-7-15-25-23)27(2)24(28)26-16-20-11-13-22(14-12-20)18-29-17-21-8-4-3-5-9-21/h3-15,19H,16-18H2,1-2H3,(H,26,28). The van der Waals surface area contributed by atoms with Crippen molar-refractivity contribution in [1.82, 2.24) is 15.2 Å². The van der Waals surface area contributed by atoms with Crippen LogP contribution in [0.1, 0.15) is 35.3 Å². The molecule has 0 aliphatic rings. The highest BCUT2D eigenvalue weighted by atomic mass is 16.5. The summed E-state index contributed by atoms with van der Waals surface area (Å²) in [5.41, 5.74) is 4.18. The second-order valence-corrected chi connectivity index (χ2v) is 7.00.